The Labute approximate surface area is 110 Å². The number of hydrogen-bond acceptors (Lipinski definition) is 5. The van der Waals surface area contributed by atoms with E-state index in [1.165, 1.54) is 18.3 Å². The topological polar surface area (TPSA) is 68.3 Å². The van der Waals surface area contributed by atoms with Crippen LogP contribution in [0.5, 0.6) is 0 Å². The maximum Gasteiger partial charge on any atom is 0.330 e. The summed E-state index contributed by atoms with van der Waals surface area (Å²) in [6.45, 7) is 3.24. The molecule has 0 unspecified atom stereocenters. The summed E-state index contributed by atoms with van der Waals surface area (Å²) in [5.41, 5.74) is 2.20. The Bertz CT molecular complexity index is 450. The molecule has 1 amide bonds. The van der Waals surface area contributed by atoms with E-state index in [1.807, 2.05) is 0 Å². The van der Waals surface area contributed by atoms with Crippen molar-refractivity contribution in [3.63, 3.8) is 0 Å². The summed E-state index contributed by atoms with van der Waals surface area (Å²) in [7, 11) is 0. The molecule has 96 valence electrons. The van der Waals surface area contributed by atoms with Gasteiger partial charge in [-0.2, -0.15) is 0 Å². The molecule has 0 radical (unpaired) electrons. The monoisotopic (exact) mass is 266 g/mol. The molecule has 0 aliphatic heterocycles. The van der Waals surface area contributed by atoms with Crippen LogP contribution in [0.25, 0.3) is 0 Å². The van der Waals surface area contributed by atoms with Crippen LogP contribution < -0.4 is 5.32 Å². The van der Waals surface area contributed by atoms with E-state index in [0.717, 1.165) is 0 Å². The molecule has 0 saturated heterocycles. The number of nitrogens with zero attached hydrogens (tertiary/aromatic N) is 1. The Balaban J connectivity index is 2.97. The molecule has 0 aliphatic carbocycles. The normalized spacial score (nSPS) is 13.2. The molecule has 5 nitrogen and oxygen atoms in total. The van der Waals surface area contributed by atoms with Crippen LogP contribution >= 0.6 is 11.3 Å². The molecule has 0 aliphatic rings. The first kappa shape index (κ1) is 14.2. The van der Waals surface area contributed by atoms with Crippen LogP contribution in [0.3, 0.4) is 0 Å². The van der Waals surface area contributed by atoms with Gasteiger partial charge < -0.3 is 10.1 Å². The molecule has 1 heterocycles. The van der Waals surface area contributed by atoms with Gasteiger partial charge in [-0.3, -0.25) is 4.79 Å². The lowest BCUT2D eigenvalue weighted by molar-refractivity contribution is -0.147. The molecular formula is C12H14N2O3S. The van der Waals surface area contributed by atoms with E-state index < -0.39 is 17.9 Å². The SMILES string of the molecule is C#C[C@H](c1cscn1)[C@H](NC(C)=O)C(=O)OCC. The van der Waals surface area contributed by atoms with E-state index in [9.17, 15) is 9.59 Å². The van der Waals surface area contributed by atoms with Gasteiger partial charge >= 0.3 is 5.97 Å². The third kappa shape index (κ3) is 3.57. The van der Waals surface area contributed by atoms with Crippen molar-refractivity contribution < 1.29 is 14.3 Å². The van der Waals surface area contributed by atoms with E-state index >= 15 is 0 Å². The summed E-state index contributed by atoms with van der Waals surface area (Å²) in [6.07, 6.45) is 5.43. The molecule has 1 aromatic heterocycles. The smallest absolute Gasteiger partial charge is 0.330 e. The van der Waals surface area contributed by atoms with Gasteiger partial charge in [0.15, 0.2) is 0 Å². The first-order valence-electron chi connectivity index (χ1n) is 5.38. The minimum absolute atomic E-state index is 0.225. The summed E-state index contributed by atoms with van der Waals surface area (Å²) in [5, 5.41) is 4.26. The van der Waals surface area contributed by atoms with Crippen molar-refractivity contribution in [2.75, 3.05) is 6.61 Å². The number of carbonyl (C=O) groups is 2. The molecule has 1 aromatic rings. The second kappa shape index (κ2) is 6.77. The average molecular weight is 266 g/mol. The van der Waals surface area contributed by atoms with Crippen LogP contribution in [0.1, 0.15) is 25.5 Å². The van der Waals surface area contributed by atoms with E-state index in [-0.39, 0.29) is 12.5 Å². The molecule has 1 N–H and O–H groups in total. The first-order chi connectivity index (χ1) is 8.60. The van der Waals surface area contributed by atoms with Crippen molar-refractivity contribution in [2.24, 2.45) is 0 Å². The Hall–Kier alpha value is -1.87. The van der Waals surface area contributed by atoms with Crippen molar-refractivity contribution in [2.45, 2.75) is 25.8 Å². The second-order valence-corrected chi connectivity index (χ2v) is 4.21. The molecule has 0 aromatic carbocycles. The fourth-order valence-corrected chi connectivity index (χ4v) is 2.05. The fourth-order valence-electron chi connectivity index (χ4n) is 1.46. The van der Waals surface area contributed by atoms with E-state index in [2.05, 4.69) is 16.2 Å². The van der Waals surface area contributed by atoms with Crippen LogP contribution in [0.4, 0.5) is 0 Å². The van der Waals surface area contributed by atoms with Gasteiger partial charge in [0.2, 0.25) is 5.91 Å². The lowest BCUT2D eigenvalue weighted by Gasteiger charge is -2.20. The second-order valence-electron chi connectivity index (χ2n) is 3.49. The maximum atomic E-state index is 11.8. The zero-order valence-electron chi connectivity index (χ0n) is 10.2. The summed E-state index contributed by atoms with van der Waals surface area (Å²) in [4.78, 5) is 27.0. The standard InChI is InChI=1S/C12H14N2O3S/c1-4-9(10-6-18-7-13-10)11(14-8(3)15)12(16)17-5-2/h1,6-7,9,11H,5H2,2-3H3,(H,14,15)/t9-,11+/m1/s1. The highest BCUT2D eigenvalue weighted by Gasteiger charge is 2.31. The Morgan fingerprint density at radius 3 is 2.83 bits per heavy atom. The molecule has 0 fully saturated rings. The average Bonchev–Trinajstić information content (AvgIpc) is 2.82. The maximum absolute atomic E-state index is 11.8. The van der Waals surface area contributed by atoms with Gasteiger partial charge in [-0.25, -0.2) is 9.78 Å². The fraction of sp³-hybridized carbons (Fsp3) is 0.417. The van der Waals surface area contributed by atoms with Crippen molar-refractivity contribution in [3.05, 3.63) is 16.6 Å². The molecule has 0 saturated carbocycles. The predicted molar refractivity (Wildman–Crippen MR) is 67.9 cm³/mol. The van der Waals surface area contributed by atoms with Crippen molar-refractivity contribution >= 4 is 23.2 Å². The number of terminal acetylenes is 1. The van der Waals surface area contributed by atoms with E-state index in [0.29, 0.717) is 5.69 Å². The largest absolute Gasteiger partial charge is 0.464 e. The molecule has 6 heteroatoms. The highest BCUT2D eigenvalue weighted by atomic mass is 32.1. The van der Waals surface area contributed by atoms with Gasteiger partial charge in [-0.15, -0.1) is 17.8 Å². The quantitative estimate of drug-likeness (QED) is 0.636. The first-order valence-corrected chi connectivity index (χ1v) is 6.32. The summed E-state index contributed by atoms with van der Waals surface area (Å²) >= 11 is 1.37. The number of aromatic nitrogens is 1. The molecule has 18 heavy (non-hydrogen) atoms. The van der Waals surface area contributed by atoms with Gasteiger partial charge in [-0.1, -0.05) is 5.92 Å². The predicted octanol–water partition coefficient (Wildman–Crippen LogP) is 0.928. The number of ether oxygens (including phenoxy) is 1. The Morgan fingerprint density at radius 2 is 2.39 bits per heavy atom. The number of rotatable bonds is 5. The van der Waals surface area contributed by atoms with Crippen molar-refractivity contribution in [1.82, 2.24) is 10.3 Å². The Kier molecular flexibility index (Phi) is 5.33. The van der Waals surface area contributed by atoms with E-state index in [1.54, 1.807) is 17.8 Å². The molecule has 0 bridgehead atoms. The van der Waals surface area contributed by atoms with Gasteiger partial charge in [0, 0.05) is 12.3 Å². The van der Waals surface area contributed by atoms with Crippen molar-refractivity contribution in [3.8, 4) is 12.3 Å². The zero-order chi connectivity index (χ0) is 13.5. The lowest BCUT2D eigenvalue weighted by atomic mass is 9.97. The molecule has 0 spiro atoms. The van der Waals surface area contributed by atoms with Gasteiger partial charge in [0.25, 0.3) is 0 Å². The molecule has 1 rings (SSSR count). The zero-order valence-corrected chi connectivity index (χ0v) is 11.0. The minimum Gasteiger partial charge on any atom is -0.464 e. The molecule has 2 atom stereocenters. The van der Waals surface area contributed by atoms with Gasteiger partial charge in [0.1, 0.15) is 6.04 Å². The summed E-state index contributed by atoms with van der Waals surface area (Å²) in [5.74, 6) is 0.956. The van der Waals surface area contributed by atoms with Crippen molar-refractivity contribution in [1.29, 1.82) is 0 Å². The minimum atomic E-state index is -0.908. The Morgan fingerprint density at radius 1 is 1.67 bits per heavy atom. The van der Waals surface area contributed by atoms with Crippen LogP contribution in [0.2, 0.25) is 0 Å². The number of nitrogens with one attached hydrogen (secondary N) is 1. The van der Waals surface area contributed by atoms with Crippen LogP contribution in [-0.4, -0.2) is 29.5 Å². The van der Waals surface area contributed by atoms with Gasteiger partial charge in [0.05, 0.1) is 23.7 Å². The highest BCUT2D eigenvalue weighted by Crippen LogP contribution is 2.20. The lowest BCUT2D eigenvalue weighted by Crippen LogP contribution is -2.44. The number of esters is 1. The summed E-state index contributed by atoms with van der Waals surface area (Å²) < 4.78 is 4.91. The van der Waals surface area contributed by atoms with Gasteiger partial charge in [-0.05, 0) is 6.92 Å². The van der Waals surface area contributed by atoms with Crippen LogP contribution in [0, 0.1) is 12.3 Å². The van der Waals surface area contributed by atoms with Crippen LogP contribution in [0.15, 0.2) is 10.9 Å². The number of carbonyl (C=O) groups excluding carboxylic acids is 2. The highest BCUT2D eigenvalue weighted by molar-refractivity contribution is 7.07. The summed E-state index contributed by atoms with van der Waals surface area (Å²) in [6, 6.07) is -0.908. The number of hydrogen-bond donors (Lipinski definition) is 1. The molecular weight excluding hydrogens is 252 g/mol. The third-order valence-corrected chi connectivity index (χ3v) is 2.79. The van der Waals surface area contributed by atoms with E-state index in [4.69, 9.17) is 11.2 Å². The van der Waals surface area contributed by atoms with Crippen LogP contribution in [-0.2, 0) is 14.3 Å². The number of thiazole rings is 1. The third-order valence-electron chi connectivity index (χ3n) is 2.18. The number of amides is 1.